The number of hydrogen-bond acceptors (Lipinski definition) is 4. The highest BCUT2D eigenvalue weighted by Crippen LogP contribution is 2.13. The molecule has 0 atom stereocenters. The zero-order valence-corrected chi connectivity index (χ0v) is 13.9. The van der Waals surface area contributed by atoms with Gasteiger partial charge in [0.15, 0.2) is 5.69 Å². The molecule has 7 heteroatoms. The molecule has 128 valence electrons. The fourth-order valence-corrected chi connectivity index (χ4v) is 3.06. The van der Waals surface area contributed by atoms with Crippen molar-refractivity contribution in [1.82, 2.24) is 20.0 Å². The largest absolute Gasteiger partial charge is 0.348 e. The number of hydrogen-bond donors (Lipinski definition) is 1. The van der Waals surface area contributed by atoms with Crippen molar-refractivity contribution in [1.29, 1.82) is 0 Å². The molecule has 0 unspecified atom stereocenters. The number of aromatic nitrogens is 2. The van der Waals surface area contributed by atoms with Crippen molar-refractivity contribution in [2.24, 2.45) is 0 Å². The first-order chi connectivity index (χ1) is 11.5. The average molecular weight is 332 g/mol. The molecule has 1 aliphatic heterocycles. The van der Waals surface area contributed by atoms with Crippen molar-refractivity contribution < 1.29 is 9.18 Å². The summed E-state index contributed by atoms with van der Waals surface area (Å²) in [6, 6.07) is 4.00. The van der Waals surface area contributed by atoms with E-state index >= 15 is 0 Å². The van der Waals surface area contributed by atoms with Crippen molar-refractivity contribution >= 4 is 16.8 Å². The molecule has 0 aliphatic carbocycles. The molecule has 6 nitrogen and oxygen atoms in total. The molecule has 0 saturated carbocycles. The summed E-state index contributed by atoms with van der Waals surface area (Å²) >= 11 is 0. The van der Waals surface area contributed by atoms with Crippen molar-refractivity contribution in [3.05, 3.63) is 39.9 Å². The first-order valence-electron chi connectivity index (χ1n) is 8.19. The highest BCUT2D eigenvalue weighted by molar-refractivity contribution is 5.95. The summed E-state index contributed by atoms with van der Waals surface area (Å²) in [7, 11) is 2.04. The number of likely N-dealkylation sites (tertiary alicyclic amines) is 1. The predicted octanol–water partition coefficient (Wildman–Crippen LogP) is 1.38. The van der Waals surface area contributed by atoms with Gasteiger partial charge in [0.25, 0.3) is 5.91 Å². The van der Waals surface area contributed by atoms with Gasteiger partial charge >= 0.3 is 0 Å². The van der Waals surface area contributed by atoms with Crippen LogP contribution in [0.5, 0.6) is 0 Å². The topological polar surface area (TPSA) is 67.2 Å². The number of carbonyl (C=O) groups is 1. The van der Waals surface area contributed by atoms with Crippen LogP contribution in [0.25, 0.3) is 10.9 Å². The second-order valence-corrected chi connectivity index (χ2v) is 6.21. The van der Waals surface area contributed by atoms with E-state index in [1.54, 1.807) is 4.68 Å². The van der Waals surface area contributed by atoms with Crippen LogP contribution in [0.15, 0.2) is 23.0 Å². The number of nitrogens with one attached hydrogen (secondary N) is 1. The third kappa shape index (κ3) is 3.17. The molecule has 1 aliphatic rings. The summed E-state index contributed by atoms with van der Waals surface area (Å²) in [6.45, 7) is 4.15. The van der Waals surface area contributed by atoms with E-state index in [0.29, 0.717) is 12.1 Å². The smallest absolute Gasteiger partial charge is 0.276 e. The van der Waals surface area contributed by atoms with Crippen molar-refractivity contribution in [2.75, 3.05) is 20.1 Å². The summed E-state index contributed by atoms with van der Waals surface area (Å²) in [5.41, 5.74) is -0.173. The monoisotopic (exact) mass is 332 g/mol. The van der Waals surface area contributed by atoms with Crippen LogP contribution >= 0.6 is 0 Å². The molecule has 0 radical (unpaired) electrons. The summed E-state index contributed by atoms with van der Waals surface area (Å²) in [5.74, 6) is -0.988. The molecule has 0 spiro atoms. The minimum atomic E-state index is -0.528. The number of aryl methyl sites for hydroxylation is 1. The lowest BCUT2D eigenvalue weighted by Crippen LogP contribution is -2.45. The highest BCUT2D eigenvalue weighted by atomic mass is 19.1. The molecule has 1 fully saturated rings. The van der Waals surface area contributed by atoms with E-state index in [-0.39, 0.29) is 17.1 Å². The highest BCUT2D eigenvalue weighted by Gasteiger charge is 2.23. The number of halogens is 1. The van der Waals surface area contributed by atoms with Gasteiger partial charge in [0.05, 0.1) is 10.9 Å². The van der Waals surface area contributed by atoms with Crippen LogP contribution in [0, 0.1) is 5.82 Å². The van der Waals surface area contributed by atoms with Gasteiger partial charge in [-0.05, 0) is 58.1 Å². The van der Waals surface area contributed by atoms with Gasteiger partial charge in [0.2, 0.25) is 5.43 Å². The van der Waals surface area contributed by atoms with Crippen LogP contribution in [0.2, 0.25) is 0 Å². The lowest BCUT2D eigenvalue weighted by molar-refractivity contribution is 0.0908. The Labute approximate surface area is 139 Å². The normalized spacial score (nSPS) is 16.5. The number of carbonyl (C=O) groups excluding carboxylic acids is 1. The van der Waals surface area contributed by atoms with Gasteiger partial charge in [-0.1, -0.05) is 0 Å². The maximum absolute atomic E-state index is 13.5. The second kappa shape index (κ2) is 6.68. The summed E-state index contributed by atoms with van der Waals surface area (Å²) in [6.07, 6.45) is 1.68. The fourth-order valence-electron chi connectivity index (χ4n) is 3.06. The van der Waals surface area contributed by atoms with E-state index in [1.165, 1.54) is 12.1 Å². The van der Waals surface area contributed by atoms with Crippen LogP contribution in [-0.2, 0) is 6.54 Å². The SMILES string of the molecule is CCn1nc(C(=O)NC2CCN(C)CC2)c(=O)c2cc(F)ccc21. The van der Waals surface area contributed by atoms with Gasteiger partial charge in [-0.2, -0.15) is 5.10 Å². The van der Waals surface area contributed by atoms with Crippen LogP contribution in [0.3, 0.4) is 0 Å². The van der Waals surface area contributed by atoms with Crippen molar-refractivity contribution in [3.63, 3.8) is 0 Å². The van der Waals surface area contributed by atoms with Crippen molar-refractivity contribution in [2.45, 2.75) is 32.4 Å². The zero-order valence-electron chi connectivity index (χ0n) is 13.9. The van der Waals surface area contributed by atoms with E-state index in [1.807, 2.05) is 14.0 Å². The Bertz CT molecular complexity index is 825. The molecule has 0 bridgehead atoms. The third-order valence-electron chi connectivity index (χ3n) is 4.49. The van der Waals surface area contributed by atoms with E-state index < -0.39 is 17.2 Å². The number of fused-ring (bicyclic) bond motifs is 1. The Morgan fingerprint density at radius 1 is 1.38 bits per heavy atom. The maximum Gasteiger partial charge on any atom is 0.276 e. The number of amides is 1. The lowest BCUT2D eigenvalue weighted by atomic mass is 10.1. The van der Waals surface area contributed by atoms with Gasteiger partial charge in [0, 0.05) is 12.6 Å². The van der Waals surface area contributed by atoms with Crippen LogP contribution in [0.1, 0.15) is 30.3 Å². The van der Waals surface area contributed by atoms with E-state index in [0.717, 1.165) is 32.0 Å². The first-order valence-corrected chi connectivity index (χ1v) is 8.19. The van der Waals surface area contributed by atoms with Gasteiger partial charge in [0.1, 0.15) is 5.82 Å². The second-order valence-electron chi connectivity index (χ2n) is 6.21. The predicted molar refractivity (Wildman–Crippen MR) is 89.6 cm³/mol. The van der Waals surface area contributed by atoms with E-state index in [9.17, 15) is 14.0 Å². The lowest BCUT2D eigenvalue weighted by Gasteiger charge is -2.29. The molecule has 2 heterocycles. The molecule has 1 N–H and O–H groups in total. The number of benzene rings is 1. The fraction of sp³-hybridized carbons (Fsp3) is 0.471. The molecular formula is C17H21FN4O2. The van der Waals surface area contributed by atoms with E-state index in [2.05, 4.69) is 15.3 Å². The molecule has 1 amide bonds. The standard InChI is InChI=1S/C17H21FN4O2/c1-3-22-14-5-4-11(18)10-13(14)16(23)15(20-22)17(24)19-12-6-8-21(2)9-7-12/h4-5,10,12H,3,6-9H2,1-2H3,(H,19,24). The third-order valence-corrected chi connectivity index (χ3v) is 4.49. The summed E-state index contributed by atoms with van der Waals surface area (Å²) in [5, 5.41) is 7.26. The number of rotatable bonds is 3. The number of piperidine rings is 1. The molecule has 2 aromatic rings. The summed E-state index contributed by atoms with van der Waals surface area (Å²) in [4.78, 5) is 27.3. The van der Waals surface area contributed by atoms with Crippen LogP contribution < -0.4 is 10.7 Å². The Balaban J connectivity index is 1.95. The Hall–Kier alpha value is -2.28. The molecule has 1 aromatic carbocycles. The minimum Gasteiger partial charge on any atom is -0.348 e. The summed E-state index contributed by atoms with van der Waals surface area (Å²) < 4.78 is 15.1. The number of nitrogens with zero attached hydrogens (tertiary/aromatic N) is 3. The molecule has 3 rings (SSSR count). The zero-order chi connectivity index (χ0) is 17.3. The van der Waals surface area contributed by atoms with Crippen molar-refractivity contribution in [3.8, 4) is 0 Å². The van der Waals surface area contributed by atoms with Gasteiger partial charge in [-0.3, -0.25) is 14.3 Å². The maximum atomic E-state index is 13.5. The quantitative estimate of drug-likeness (QED) is 0.922. The van der Waals surface area contributed by atoms with Gasteiger partial charge in [-0.15, -0.1) is 0 Å². The molecule has 1 saturated heterocycles. The van der Waals surface area contributed by atoms with Gasteiger partial charge in [-0.25, -0.2) is 4.39 Å². The first kappa shape index (κ1) is 16.6. The van der Waals surface area contributed by atoms with Crippen LogP contribution in [0.4, 0.5) is 4.39 Å². The average Bonchev–Trinajstić information content (AvgIpc) is 2.57. The molecular weight excluding hydrogens is 311 g/mol. The minimum absolute atomic E-state index is 0.0354. The Morgan fingerprint density at radius 2 is 2.08 bits per heavy atom. The molecule has 24 heavy (non-hydrogen) atoms. The Kier molecular flexibility index (Phi) is 4.62. The van der Waals surface area contributed by atoms with Crippen LogP contribution in [-0.4, -0.2) is 46.8 Å². The Morgan fingerprint density at radius 3 is 2.75 bits per heavy atom. The van der Waals surface area contributed by atoms with E-state index in [4.69, 9.17) is 0 Å². The molecule has 1 aromatic heterocycles. The van der Waals surface area contributed by atoms with Gasteiger partial charge < -0.3 is 10.2 Å².